The Kier molecular flexibility index (Phi) is 7.63. The maximum Gasteiger partial charge on any atom is 0.392 e. The van der Waals surface area contributed by atoms with Crippen LogP contribution < -0.4 is 0 Å². The van der Waals surface area contributed by atoms with Gasteiger partial charge in [-0.25, -0.2) is 0 Å². The minimum atomic E-state index is -4.04. The third kappa shape index (κ3) is 11.5. The van der Waals surface area contributed by atoms with Crippen LogP contribution in [-0.2, 0) is 0 Å². The van der Waals surface area contributed by atoms with Crippen molar-refractivity contribution in [1.82, 2.24) is 0 Å². The van der Waals surface area contributed by atoms with Crippen LogP contribution in [0, 0.1) is 0 Å². The van der Waals surface area contributed by atoms with Crippen LogP contribution in [0.5, 0.6) is 0 Å². The van der Waals surface area contributed by atoms with Crippen molar-refractivity contribution in [1.29, 1.82) is 0 Å². The molecule has 0 aromatic carbocycles. The third-order valence-corrected chi connectivity index (χ3v) is 1.99. The Morgan fingerprint density at radius 3 is 2.14 bits per heavy atom. The van der Waals surface area contributed by atoms with Crippen LogP contribution in [0.2, 0.25) is 0 Å². The van der Waals surface area contributed by atoms with E-state index in [1.165, 1.54) is 25.3 Å². The lowest BCUT2D eigenvalue weighted by molar-refractivity contribution is -0.125. The zero-order valence-electron chi connectivity index (χ0n) is 8.74. The van der Waals surface area contributed by atoms with Gasteiger partial charge in [-0.05, 0) is 12.8 Å². The lowest BCUT2D eigenvalue weighted by Gasteiger charge is -2.00. The molecular formula is C11H19F3. The lowest BCUT2D eigenvalue weighted by Crippen LogP contribution is -2.03. The van der Waals surface area contributed by atoms with E-state index in [0.717, 1.165) is 19.3 Å². The highest BCUT2D eigenvalue weighted by atomic mass is 19.4. The molecule has 84 valence electrons. The summed E-state index contributed by atoms with van der Waals surface area (Å²) in [5, 5.41) is 0. The van der Waals surface area contributed by atoms with Gasteiger partial charge in [-0.15, -0.1) is 0 Å². The van der Waals surface area contributed by atoms with Gasteiger partial charge in [0, 0.05) is 0 Å². The van der Waals surface area contributed by atoms with Gasteiger partial charge in [0.2, 0.25) is 0 Å². The number of unbranched alkanes of at least 4 members (excludes halogenated alkanes) is 5. The number of halogens is 3. The molecule has 0 nitrogen and oxygen atoms in total. The topological polar surface area (TPSA) is 0 Å². The molecular weight excluding hydrogens is 189 g/mol. The molecule has 0 saturated carbocycles. The summed E-state index contributed by atoms with van der Waals surface area (Å²) in [4.78, 5) is 0. The summed E-state index contributed by atoms with van der Waals surface area (Å²) in [6, 6.07) is 0. The molecule has 0 aliphatic heterocycles. The van der Waals surface area contributed by atoms with Crippen molar-refractivity contribution in [2.24, 2.45) is 0 Å². The van der Waals surface area contributed by atoms with E-state index in [1.54, 1.807) is 6.08 Å². The maximum atomic E-state index is 11.7. The fourth-order valence-electron chi connectivity index (χ4n) is 1.20. The van der Waals surface area contributed by atoms with Gasteiger partial charge < -0.3 is 0 Å². The first-order chi connectivity index (χ1) is 6.56. The molecule has 0 aromatic heterocycles. The predicted octanol–water partition coefficient (Wildman–Crippen LogP) is 4.86. The minimum Gasteiger partial charge on any atom is -0.171 e. The molecule has 0 rings (SSSR count). The fraction of sp³-hybridized carbons (Fsp3) is 0.818. The van der Waals surface area contributed by atoms with Crippen LogP contribution in [0.1, 0.15) is 51.9 Å². The van der Waals surface area contributed by atoms with E-state index in [9.17, 15) is 13.2 Å². The van der Waals surface area contributed by atoms with Crippen LogP contribution >= 0.6 is 0 Å². The minimum absolute atomic E-state index is 0.778. The highest BCUT2D eigenvalue weighted by Gasteiger charge is 2.24. The SMILES string of the molecule is CCCCCCCC=CCC(F)(F)F. The fourth-order valence-corrected chi connectivity index (χ4v) is 1.20. The normalized spacial score (nSPS) is 12.6. The Balaban J connectivity index is 3.19. The molecule has 0 saturated heterocycles. The van der Waals surface area contributed by atoms with Gasteiger partial charge in [0.1, 0.15) is 0 Å². The zero-order valence-corrected chi connectivity index (χ0v) is 8.74. The standard InChI is InChI=1S/C11H19F3/c1-2-3-4-5-6-7-8-9-10-11(12,13)14/h8-9H,2-7,10H2,1H3. The Hall–Kier alpha value is -0.470. The molecule has 0 heterocycles. The molecule has 0 fully saturated rings. The van der Waals surface area contributed by atoms with E-state index >= 15 is 0 Å². The van der Waals surface area contributed by atoms with Crippen molar-refractivity contribution < 1.29 is 13.2 Å². The predicted molar refractivity (Wildman–Crippen MR) is 53.2 cm³/mol. The molecule has 3 heteroatoms. The van der Waals surface area contributed by atoms with Crippen LogP contribution in [0.15, 0.2) is 12.2 Å². The smallest absolute Gasteiger partial charge is 0.171 e. The molecule has 0 spiro atoms. The van der Waals surface area contributed by atoms with Crippen molar-refractivity contribution >= 4 is 0 Å². The summed E-state index contributed by atoms with van der Waals surface area (Å²) in [6.07, 6.45) is 4.57. The average Bonchev–Trinajstić information content (AvgIpc) is 2.08. The van der Waals surface area contributed by atoms with Crippen molar-refractivity contribution in [3.63, 3.8) is 0 Å². The largest absolute Gasteiger partial charge is 0.392 e. The van der Waals surface area contributed by atoms with Crippen LogP contribution in [0.25, 0.3) is 0 Å². The summed E-state index contributed by atoms with van der Waals surface area (Å²) >= 11 is 0. The highest BCUT2D eigenvalue weighted by Crippen LogP contribution is 2.19. The summed E-state index contributed by atoms with van der Waals surface area (Å²) in [6.45, 7) is 2.14. The number of hydrogen-bond donors (Lipinski definition) is 0. The Morgan fingerprint density at radius 2 is 1.57 bits per heavy atom. The molecule has 0 radical (unpaired) electrons. The van der Waals surface area contributed by atoms with E-state index in [1.807, 2.05) is 0 Å². The Labute approximate surface area is 84.2 Å². The van der Waals surface area contributed by atoms with Gasteiger partial charge in [0.25, 0.3) is 0 Å². The quantitative estimate of drug-likeness (QED) is 0.414. The van der Waals surface area contributed by atoms with Crippen molar-refractivity contribution in [3.05, 3.63) is 12.2 Å². The van der Waals surface area contributed by atoms with E-state index in [-0.39, 0.29) is 0 Å². The second-order valence-corrected chi connectivity index (χ2v) is 3.49. The van der Waals surface area contributed by atoms with E-state index in [2.05, 4.69) is 6.92 Å². The molecule has 0 aliphatic carbocycles. The molecule has 14 heavy (non-hydrogen) atoms. The van der Waals surface area contributed by atoms with Crippen LogP contribution in [0.4, 0.5) is 13.2 Å². The summed E-state index contributed by atoms with van der Waals surface area (Å²) in [7, 11) is 0. The molecule has 0 aromatic rings. The van der Waals surface area contributed by atoms with E-state index < -0.39 is 12.6 Å². The number of rotatable bonds is 7. The van der Waals surface area contributed by atoms with Crippen molar-refractivity contribution in [2.75, 3.05) is 0 Å². The highest BCUT2D eigenvalue weighted by molar-refractivity contribution is 4.83. The van der Waals surface area contributed by atoms with Gasteiger partial charge >= 0.3 is 6.18 Å². The molecule has 0 amide bonds. The van der Waals surface area contributed by atoms with Crippen LogP contribution in [0.3, 0.4) is 0 Å². The number of allylic oxidation sites excluding steroid dienone is 2. The summed E-state index contributed by atoms with van der Waals surface area (Å²) in [5.41, 5.74) is 0. The summed E-state index contributed by atoms with van der Waals surface area (Å²) in [5.74, 6) is 0. The van der Waals surface area contributed by atoms with Gasteiger partial charge in [-0.2, -0.15) is 13.2 Å². The summed E-state index contributed by atoms with van der Waals surface area (Å²) < 4.78 is 35.0. The Bertz CT molecular complexity index is 147. The van der Waals surface area contributed by atoms with Crippen molar-refractivity contribution in [3.8, 4) is 0 Å². The Morgan fingerprint density at radius 1 is 0.929 bits per heavy atom. The van der Waals surface area contributed by atoms with Gasteiger partial charge in [-0.1, -0.05) is 44.8 Å². The molecule has 0 unspecified atom stereocenters. The van der Waals surface area contributed by atoms with Gasteiger partial charge in [0.05, 0.1) is 6.42 Å². The first kappa shape index (κ1) is 13.5. The molecule has 0 N–H and O–H groups in total. The second kappa shape index (κ2) is 7.89. The van der Waals surface area contributed by atoms with Crippen LogP contribution in [-0.4, -0.2) is 6.18 Å². The van der Waals surface area contributed by atoms with E-state index in [4.69, 9.17) is 0 Å². The van der Waals surface area contributed by atoms with Gasteiger partial charge in [0.15, 0.2) is 0 Å². The zero-order chi connectivity index (χ0) is 10.9. The number of alkyl halides is 3. The monoisotopic (exact) mass is 208 g/mol. The molecule has 0 bridgehead atoms. The first-order valence-electron chi connectivity index (χ1n) is 5.28. The average molecular weight is 208 g/mol. The molecule has 0 aliphatic rings. The third-order valence-electron chi connectivity index (χ3n) is 1.99. The lowest BCUT2D eigenvalue weighted by atomic mass is 10.1. The molecule has 0 atom stereocenters. The number of hydrogen-bond acceptors (Lipinski definition) is 0. The second-order valence-electron chi connectivity index (χ2n) is 3.49. The first-order valence-corrected chi connectivity index (χ1v) is 5.28. The van der Waals surface area contributed by atoms with Crippen molar-refractivity contribution in [2.45, 2.75) is 58.0 Å². The van der Waals surface area contributed by atoms with Gasteiger partial charge in [-0.3, -0.25) is 0 Å². The maximum absolute atomic E-state index is 11.7. The van der Waals surface area contributed by atoms with E-state index in [0.29, 0.717) is 0 Å².